The summed E-state index contributed by atoms with van der Waals surface area (Å²) in [5.74, 6) is -0.367. The molecule has 4 rings (SSSR count). The summed E-state index contributed by atoms with van der Waals surface area (Å²) >= 11 is 6.32. The molecule has 0 aromatic heterocycles. The molecule has 1 amide bonds. The topological polar surface area (TPSA) is 78.7 Å². The van der Waals surface area contributed by atoms with Gasteiger partial charge in [-0.15, -0.1) is 0 Å². The van der Waals surface area contributed by atoms with Crippen molar-refractivity contribution >= 4 is 40.3 Å². The second-order valence-electron chi connectivity index (χ2n) is 7.85. The summed E-state index contributed by atoms with van der Waals surface area (Å²) in [6.45, 7) is 4.62. The van der Waals surface area contributed by atoms with Crippen molar-refractivity contribution in [3.63, 3.8) is 0 Å². The van der Waals surface area contributed by atoms with Gasteiger partial charge in [0.05, 0.1) is 15.6 Å². The first-order valence-corrected chi connectivity index (χ1v) is 11.3. The fourth-order valence-electron chi connectivity index (χ4n) is 4.12. The average molecular weight is 465 g/mol. The fraction of sp³-hybridized carbons (Fsp3) is 0.240. The number of hydrogen-bond acceptors (Lipinski definition) is 5. The molecule has 0 bridgehead atoms. The molecule has 1 aliphatic rings. The second-order valence-corrected chi connectivity index (χ2v) is 8.26. The van der Waals surface area contributed by atoms with Crippen LogP contribution in [0.4, 0.5) is 22.7 Å². The Bertz CT molecular complexity index is 1180. The maximum absolute atomic E-state index is 12.8. The molecule has 0 atom stereocenters. The molecule has 0 spiro atoms. The molecule has 1 N–H and O–H groups in total. The third-order valence-corrected chi connectivity index (χ3v) is 6.21. The molecule has 8 heteroatoms. The van der Waals surface area contributed by atoms with E-state index in [-0.39, 0.29) is 17.2 Å². The van der Waals surface area contributed by atoms with E-state index in [9.17, 15) is 14.9 Å². The third kappa shape index (κ3) is 4.93. The molecule has 33 heavy (non-hydrogen) atoms. The van der Waals surface area contributed by atoms with Crippen LogP contribution in [0.15, 0.2) is 66.7 Å². The summed E-state index contributed by atoms with van der Waals surface area (Å²) < 4.78 is 0. The minimum absolute atomic E-state index is 0.0716. The van der Waals surface area contributed by atoms with E-state index in [1.165, 1.54) is 6.07 Å². The normalized spacial score (nSPS) is 13.6. The number of halogens is 1. The summed E-state index contributed by atoms with van der Waals surface area (Å²) in [7, 11) is 0. The summed E-state index contributed by atoms with van der Waals surface area (Å²) in [6, 6.07) is 19.9. The van der Waals surface area contributed by atoms with Crippen LogP contribution in [-0.4, -0.2) is 37.0 Å². The monoisotopic (exact) mass is 464 g/mol. The predicted octanol–water partition coefficient (Wildman–Crippen LogP) is 5.39. The van der Waals surface area contributed by atoms with E-state index in [2.05, 4.69) is 10.2 Å². The first-order chi connectivity index (χ1) is 16.0. The average Bonchev–Trinajstić information content (AvgIpc) is 2.84. The lowest BCUT2D eigenvalue weighted by Crippen LogP contribution is -2.46. The van der Waals surface area contributed by atoms with E-state index < -0.39 is 4.92 Å². The predicted molar refractivity (Wildman–Crippen MR) is 133 cm³/mol. The van der Waals surface area contributed by atoms with Crippen LogP contribution in [0, 0.1) is 10.1 Å². The van der Waals surface area contributed by atoms with Gasteiger partial charge >= 0.3 is 0 Å². The third-order valence-electron chi connectivity index (χ3n) is 5.89. The Morgan fingerprint density at radius 2 is 1.61 bits per heavy atom. The van der Waals surface area contributed by atoms with Crippen molar-refractivity contribution < 1.29 is 9.72 Å². The number of anilines is 3. The van der Waals surface area contributed by atoms with Crippen LogP contribution >= 0.6 is 11.6 Å². The van der Waals surface area contributed by atoms with E-state index in [0.29, 0.717) is 42.6 Å². The van der Waals surface area contributed by atoms with Gasteiger partial charge in [0.25, 0.3) is 11.6 Å². The van der Waals surface area contributed by atoms with Gasteiger partial charge in [0.2, 0.25) is 0 Å². The zero-order valence-corrected chi connectivity index (χ0v) is 19.1. The van der Waals surface area contributed by atoms with Crippen LogP contribution in [0.5, 0.6) is 0 Å². The van der Waals surface area contributed by atoms with Gasteiger partial charge in [-0.25, -0.2) is 0 Å². The van der Waals surface area contributed by atoms with E-state index in [1.54, 1.807) is 12.1 Å². The molecule has 1 saturated heterocycles. The standard InChI is InChI=1S/C25H25ClN4O3/c1-2-18-7-3-5-9-21(18)27-25(31)19-11-12-23(24(17-19)30(32)33)29-15-13-28(14-16-29)22-10-6-4-8-20(22)26/h3-12,17H,2,13-16H2,1H3,(H,27,31). The summed E-state index contributed by atoms with van der Waals surface area (Å²) in [6.07, 6.45) is 0.774. The van der Waals surface area contributed by atoms with Crippen LogP contribution in [0.2, 0.25) is 5.02 Å². The number of amides is 1. The molecule has 3 aromatic carbocycles. The summed E-state index contributed by atoms with van der Waals surface area (Å²) in [4.78, 5) is 28.4. The Balaban J connectivity index is 1.51. The lowest BCUT2D eigenvalue weighted by atomic mass is 10.1. The number of piperazine rings is 1. The first kappa shape index (κ1) is 22.6. The molecule has 170 valence electrons. The number of rotatable bonds is 6. The van der Waals surface area contributed by atoms with Crippen LogP contribution in [0.25, 0.3) is 0 Å². The Labute approximate surface area is 197 Å². The van der Waals surface area contributed by atoms with Crippen molar-refractivity contribution in [3.8, 4) is 0 Å². The molecule has 1 aliphatic heterocycles. The molecule has 7 nitrogen and oxygen atoms in total. The van der Waals surface area contributed by atoms with Gasteiger partial charge in [-0.05, 0) is 42.3 Å². The van der Waals surface area contributed by atoms with Crippen LogP contribution in [0.3, 0.4) is 0 Å². The van der Waals surface area contributed by atoms with Crippen molar-refractivity contribution in [1.82, 2.24) is 0 Å². The SMILES string of the molecule is CCc1ccccc1NC(=O)c1ccc(N2CCN(c3ccccc3Cl)CC2)c([N+](=O)[O-])c1. The largest absolute Gasteiger partial charge is 0.367 e. The van der Waals surface area contributed by atoms with Gasteiger partial charge < -0.3 is 15.1 Å². The van der Waals surface area contributed by atoms with Crippen LogP contribution in [-0.2, 0) is 6.42 Å². The van der Waals surface area contributed by atoms with Gasteiger partial charge in [0.1, 0.15) is 5.69 Å². The molecule has 0 radical (unpaired) electrons. The Hall–Kier alpha value is -3.58. The fourth-order valence-corrected chi connectivity index (χ4v) is 4.38. The highest BCUT2D eigenvalue weighted by Crippen LogP contribution is 2.32. The molecule has 1 heterocycles. The zero-order valence-electron chi connectivity index (χ0n) is 18.3. The zero-order chi connectivity index (χ0) is 23.4. The van der Waals surface area contributed by atoms with Crippen molar-refractivity contribution in [2.75, 3.05) is 41.3 Å². The lowest BCUT2D eigenvalue weighted by Gasteiger charge is -2.37. The molecular formula is C25H25ClN4O3. The van der Waals surface area contributed by atoms with Gasteiger partial charge in [0, 0.05) is 43.5 Å². The number of nitro groups is 1. The summed E-state index contributed by atoms with van der Waals surface area (Å²) in [5, 5.41) is 15.4. The highest BCUT2D eigenvalue weighted by atomic mass is 35.5. The number of nitrogens with one attached hydrogen (secondary N) is 1. The van der Waals surface area contributed by atoms with Crippen molar-refractivity contribution in [3.05, 3.63) is 93.0 Å². The van der Waals surface area contributed by atoms with E-state index in [4.69, 9.17) is 11.6 Å². The minimum atomic E-state index is -0.424. The van der Waals surface area contributed by atoms with Crippen molar-refractivity contribution in [1.29, 1.82) is 0 Å². The number of carbonyl (C=O) groups is 1. The Morgan fingerprint density at radius 1 is 0.970 bits per heavy atom. The molecule has 0 saturated carbocycles. The highest BCUT2D eigenvalue weighted by Gasteiger charge is 2.26. The maximum atomic E-state index is 12.8. The van der Waals surface area contributed by atoms with Crippen molar-refractivity contribution in [2.45, 2.75) is 13.3 Å². The van der Waals surface area contributed by atoms with Gasteiger partial charge in [-0.3, -0.25) is 14.9 Å². The highest BCUT2D eigenvalue weighted by molar-refractivity contribution is 6.33. The van der Waals surface area contributed by atoms with Gasteiger partial charge in [-0.1, -0.05) is 48.9 Å². The number of aryl methyl sites for hydroxylation is 1. The smallest absolute Gasteiger partial charge is 0.293 e. The van der Waals surface area contributed by atoms with Gasteiger partial charge in [-0.2, -0.15) is 0 Å². The first-order valence-electron chi connectivity index (χ1n) is 10.9. The maximum Gasteiger partial charge on any atom is 0.293 e. The van der Waals surface area contributed by atoms with Crippen LogP contribution < -0.4 is 15.1 Å². The lowest BCUT2D eigenvalue weighted by molar-refractivity contribution is -0.384. The molecule has 0 unspecified atom stereocenters. The number of benzene rings is 3. The Kier molecular flexibility index (Phi) is 6.79. The molecular weight excluding hydrogens is 440 g/mol. The number of nitrogens with zero attached hydrogens (tertiary/aromatic N) is 3. The Morgan fingerprint density at radius 3 is 2.27 bits per heavy atom. The van der Waals surface area contributed by atoms with Crippen molar-refractivity contribution in [2.24, 2.45) is 0 Å². The minimum Gasteiger partial charge on any atom is -0.367 e. The van der Waals surface area contributed by atoms with E-state index in [1.807, 2.05) is 60.4 Å². The number of carbonyl (C=O) groups excluding carboxylic acids is 1. The van der Waals surface area contributed by atoms with E-state index in [0.717, 1.165) is 17.7 Å². The number of para-hydroxylation sites is 2. The number of nitro benzene ring substituents is 1. The molecule has 3 aromatic rings. The van der Waals surface area contributed by atoms with E-state index >= 15 is 0 Å². The molecule has 1 fully saturated rings. The van der Waals surface area contributed by atoms with Crippen LogP contribution in [0.1, 0.15) is 22.8 Å². The van der Waals surface area contributed by atoms with Gasteiger partial charge in [0.15, 0.2) is 0 Å². The second kappa shape index (κ2) is 9.92. The summed E-state index contributed by atoms with van der Waals surface area (Å²) in [5.41, 5.74) is 3.39. The quantitative estimate of drug-likeness (QED) is 0.391. The number of hydrogen-bond donors (Lipinski definition) is 1. The molecule has 0 aliphatic carbocycles.